The summed E-state index contributed by atoms with van der Waals surface area (Å²) in [5, 5.41) is 9.15. The van der Waals surface area contributed by atoms with Crippen LogP contribution in [0.5, 0.6) is 0 Å². The summed E-state index contributed by atoms with van der Waals surface area (Å²) in [5.74, 6) is 1.04. The third kappa shape index (κ3) is 2.67. The van der Waals surface area contributed by atoms with Crippen LogP contribution in [0.4, 0.5) is 5.82 Å². The highest BCUT2D eigenvalue weighted by molar-refractivity contribution is 5.68. The molecule has 0 bridgehead atoms. The number of rotatable bonds is 3. The van der Waals surface area contributed by atoms with Crippen LogP contribution in [0, 0.1) is 0 Å². The van der Waals surface area contributed by atoms with E-state index in [0.717, 1.165) is 44.1 Å². The summed E-state index contributed by atoms with van der Waals surface area (Å²) < 4.78 is 4.01. The summed E-state index contributed by atoms with van der Waals surface area (Å²) >= 11 is 0. The van der Waals surface area contributed by atoms with Crippen LogP contribution in [-0.2, 0) is 26.4 Å². The van der Waals surface area contributed by atoms with Crippen molar-refractivity contribution >= 4 is 11.3 Å². The smallest absolute Gasteiger partial charge is 0.154 e. The fraction of sp³-hybridized carbons (Fsp3) is 0.526. The molecule has 26 heavy (non-hydrogen) atoms. The Morgan fingerprint density at radius 2 is 1.88 bits per heavy atom. The number of fused-ring (bicyclic) bond motifs is 2. The van der Waals surface area contributed by atoms with E-state index in [0.29, 0.717) is 0 Å². The van der Waals surface area contributed by atoms with Crippen LogP contribution >= 0.6 is 0 Å². The number of nitrogens with zero attached hydrogens (tertiary/aromatic N) is 7. The SMILES string of the molecule is Cn1nc(CN2CCN(c3nccn4nccc34)CC2)c2c1CCCC2. The lowest BCUT2D eigenvalue weighted by Gasteiger charge is -2.35. The van der Waals surface area contributed by atoms with E-state index in [4.69, 9.17) is 5.10 Å². The first-order chi connectivity index (χ1) is 12.8. The number of hydrogen-bond donors (Lipinski definition) is 0. The Bertz CT molecular complexity index is 917. The zero-order chi connectivity index (χ0) is 17.5. The molecule has 1 fully saturated rings. The van der Waals surface area contributed by atoms with Crippen LogP contribution < -0.4 is 4.90 Å². The van der Waals surface area contributed by atoms with Crippen molar-refractivity contribution in [1.29, 1.82) is 0 Å². The van der Waals surface area contributed by atoms with Gasteiger partial charge in [-0.05, 0) is 37.3 Å². The number of aryl methyl sites for hydroxylation is 1. The van der Waals surface area contributed by atoms with Gasteiger partial charge < -0.3 is 4.90 Å². The first kappa shape index (κ1) is 15.8. The fourth-order valence-electron chi connectivity index (χ4n) is 4.40. The molecule has 0 aromatic carbocycles. The molecule has 1 saturated heterocycles. The lowest BCUT2D eigenvalue weighted by molar-refractivity contribution is 0.245. The molecule has 1 aliphatic heterocycles. The van der Waals surface area contributed by atoms with Crippen molar-refractivity contribution in [3.05, 3.63) is 41.6 Å². The van der Waals surface area contributed by atoms with Gasteiger partial charge in [-0.3, -0.25) is 9.58 Å². The summed E-state index contributed by atoms with van der Waals surface area (Å²) in [6, 6.07) is 2.04. The topological polar surface area (TPSA) is 54.5 Å². The summed E-state index contributed by atoms with van der Waals surface area (Å²) in [4.78, 5) is 9.51. The van der Waals surface area contributed by atoms with Gasteiger partial charge in [-0.2, -0.15) is 10.2 Å². The van der Waals surface area contributed by atoms with Crippen LogP contribution in [0.3, 0.4) is 0 Å². The maximum atomic E-state index is 4.83. The largest absolute Gasteiger partial charge is 0.352 e. The zero-order valence-electron chi connectivity index (χ0n) is 15.3. The van der Waals surface area contributed by atoms with Gasteiger partial charge in [-0.15, -0.1) is 0 Å². The Labute approximate surface area is 153 Å². The van der Waals surface area contributed by atoms with Gasteiger partial charge in [0.25, 0.3) is 0 Å². The van der Waals surface area contributed by atoms with E-state index in [1.54, 1.807) is 0 Å². The Hall–Kier alpha value is -2.41. The molecule has 2 aliphatic rings. The van der Waals surface area contributed by atoms with E-state index in [9.17, 15) is 0 Å². The molecule has 5 rings (SSSR count). The average Bonchev–Trinajstić information content (AvgIpc) is 3.28. The first-order valence-corrected chi connectivity index (χ1v) is 9.59. The van der Waals surface area contributed by atoms with Gasteiger partial charge in [0.1, 0.15) is 5.52 Å². The van der Waals surface area contributed by atoms with Gasteiger partial charge in [-0.25, -0.2) is 9.50 Å². The predicted octanol–water partition coefficient (Wildman–Crippen LogP) is 1.66. The minimum absolute atomic E-state index is 0.974. The highest BCUT2D eigenvalue weighted by atomic mass is 15.3. The lowest BCUT2D eigenvalue weighted by atomic mass is 9.95. The Morgan fingerprint density at radius 1 is 1.04 bits per heavy atom. The molecule has 0 atom stereocenters. The minimum Gasteiger partial charge on any atom is -0.352 e. The van der Waals surface area contributed by atoms with Crippen molar-refractivity contribution in [2.75, 3.05) is 31.1 Å². The third-order valence-corrected chi connectivity index (χ3v) is 5.80. The second-order valence-electron chi connectivity index (χ2n) is 7.38. The van der Waals surface area contributed by atoms with Gasteiger partial charge in [-0.1, -0.05) is 0 Å². The normalized spacial score (nSPS) is 18.4. The van der Waals surface area contributed by atoms with E-state index >= 15 is 0 Å². The molecule has 3 aromatic rings. The van der Waals surface area contributed by atoms with Gasteiger partial charge in [0.15, 0.2) is 5.82 Å². The highest BCUT2D eigenvalue weighted by Gasteiger charge is 2.24. The molecule has 0 spiro atoms. The van der Waals surface area contributed by atoms with E-state index in [2.05, 4.69) is 31.6 Å². The van der Waals surface area contributed by atoms with Crippen molar-refractivity contribution in [2.24, 2.45) is 7.05 Å². The van der Waals surface area contributed by atoms with Crippen LogP contribution in [0.2, 0.25) is 0 Å². The van der Waals surface area contributed by atoms with E-state index in [1.807, 2.05) is 29.2 Å². The van der Waals surface area contributed by atoms with Gasteiger partial charge >= 0.3 is 0 Å². The minimum atomic E-state index is 0.974. The molecule has 0 radical (unpaired) electrons. The predicted molar refractivity (Wildman–Crippen MR) is 100 cm³/mol. The number of piperazine rings is 1. The van der Waals surface area contributed by atoms with E-state index in [-0.39, 0.29) is 0 Å². The maximum absolute atomic E-state index is 4.83. The molecule has 0 saturated carbocycles. The molecular formula is C19H25N7. The summed E-state index contributed by atoms with van der Waals surface area (Å²) in [6.45, 7) is 5.05. The molecule has 3 aromatic heterocycles. The second kappa shape index (κ2) is 6.39. The van der Waals surface area contributed by atoms with Crippen molar-refractivity contribution in [2.45, 2.75) is 32.2 Å². The van der Waals surface area contributed by atoms with Gasteiger partial charge in [0.2, 0.25) is 0 Å². The summed E-state index contributed by atoms with van der Waals surface area (Å²) in [7, 11) is 2.10. The van der Waals surface area contributed by atoms with E-state index in [1.165, 1.54) is 42.6 Å². The molecule has 0 unspecified atom stereocenters. The quantitative estimate of drug-likeness (QED) is 0.718. The van der Waals surface area contributed by atoms with Crippen LogP contribution in [0.1, 0.15) is 29.8 Å². The number of aromatic nitrogens is 5. The van der Waals surface area contributed by atoms with E-state index < -0.39 is 0 Å². The maximum Gasteiger partial charge on any atom is 0.154 e. The number of anilines is 1. The lowest BCUT2D eigenvalue weighted by Crippen LogP contribution is -2.46. The third-order valence-electron chi connectivity index (χ3n) is 5.80. The molecule has 1 aliphatic carbocycles. The van der Waals surface area contributed by atoms with Gasteiger partial charge in [0, 0.05) is 57.9 Å². The van der Waals surface area contributed by atoms with Crippen molar-refractivity contribution in [3.63, 3.8) is 0 Å². The van der Waals surface area contributed by atoms with Crippen molar-refractivity contribution < 1.29 is 0 Å². The van der Waals surface area contributed by atoms with Gasteiger partial charge in [0.05, 0.1) is 11.9 Å². The second-order valence-corrected chi connectivity index (χ2v) is 7.38. The number of hydrogen-bond acceptors (Lipinski definition) is 5. The average molecular weight is 351 g/mol. The molecule has 7 nitrogen and oxygen atoms in total. The van der Waals surface area contributed by atoms with Crippen LogP contribution in [0.25, 0.3) is 5.52 Å². The van der Waals surface area contributed by atoms with Crippen molar-refractivity contribution in [1.82, 2.24) is 29.3 Å². The molecule has 4 heterocycles. The molecule has 0 N–H and O–H groups in total. The molecule has 0 amide bonds. The molecule has 7 heteroatoms. The Kier molecular flexibility index (Phi) is 3.89. The van der Waals surface area contributed by atoms with Crippen molar-refractivity contribution in [3.8, 4) is 0 Å². The first-order valence-electron chi connectivity index (χ1n) is 9.59. The summed E-state index contributed by atoms with van der Waals surface area (Å²) in [6.07, 6.45) is 10.6. The standard InChI is InChI=1S/C19H25N7/c1-23-17-5-3-2-4-15(17)16(22-23)14-24-10-12-25(13-11-24)19-18-6-7-21-26(18)9-8-20-19/h6-9H,2-5,10-14H2,1H3. The zero-order valence-corrected chi connectivity index (χ0v) is 15.3. The summed E-state index contributed by atoms with van der Waals surface area (Å²) in [5.41, 5.74) is 5.36. The highest BCUT2D eigenvalue weighted by Crippen LogP contribution is 2.25. The Morgan fingerprint density at radius 3 is 2.77 bits per heavy atom. The molecule has 136 valence electrons. The molecular weight excluding hydrogens is 326 g/mol. The van der Waals surface area contributed by atoms with Crippen LogP contribution in [0.15, 0.2) is 24.7 Å². The monoisotopic (exact) mass is 351 g/mol. The fourth-order valence-corrected chi connectivity index (χ4v) is 4.40. The van der Waals surface area contributed by atoms with Crippen LogP contribution in [-0.4, -0.2) is 55.5 Å². The Balaban J connectivity index is 1.29.